The van der Waals surface area contributed by atoms with Gasteiger partial charge in [0.25, 0.3) is 0 Å². The number of likely N-dealkylation sites (tertiary alicyclic amines) is 3. The van der Waals surface area contributed by atoms with Crippen LogP contribution in [0.5, 0.6) is 0 Å². The first-order valence-corrected chi connectivity index (χ1v) is 50.2. The van der Waals surface area contributed by atoms with Gasteiger partial charge in [0.1, 0.15) is 80.9 Å². The highest BCUT2D eigenvalue weighted by Gasteiger charge is 2.42. The van der Waals surface area contributed by atoms with E-state index in [9.17, 15) is 95.1 Å². The number of hydrogen-bond donors (Lipinski definition) is 13. The molecule has 5 aromatic carbocycles. The van der Waals surface area contributed by atoms with E-state index in [1.54, 1.807) is 39.5 Å². The molecular formula is C108H164F2N14O26. The number of nitrogens with two attached hydrogens (primary N) is 7. The highest BCUT2D eigenvalue weighted by molar-refractivity contribution is 5.94. The molecule has 4 fully saturated rings. The molecule has 40 nitrogen and oxygen atoms in total. The first-order chi connectivity index (χ1) is 71.8. The van der Waals surface area contributed by atoms with Gasteiger partial charge in [-0.2, -0.15) is 0 Å². The Morgan fingerprint density at radius 3 is 0.993 bits per heavy atom. The van der Waals surface area contributed by atoms with Gasteiger partial charge in [0.2, 0.25) is 59.1 Å². The van der Waals surface area contributed by atoms with Gasteiger partial charge >= 0.3 is 47.9 Å². The van der Waals surface area contributed by atoms with Crippen molar-refractivity contribution in [2.45, 2.75) is 311 Å². The lowest BCUT2D eigenvalue weighted by molar-refractivity contribution is -0.151. The quantitative estimate of drug-likeness (QED) is 0.0127. The Morgan fingerprint density at radius 1 is 0.387 bits per heavy atom. The fourth-order valence-corrected chi connectivity index (χ4v) is 15.3. The first kappa shape index (κ1) is 130. The molecule has 0 spiro atoms. The Kier molecular flexibility index (Phi) is 65.0. The maximum Gasteiger partial charge on any atom is 0.411 e. The molecule has 12 atom stereocenters. The smallest absolute Gasteiger partial charge is 0.411 e. The molecule has 0 aliphatic carbocycles. The second kappa shape index (κ2) is 74.9. The number of nitrogens with zero attached hydrogens (tertiary/aromatic N) is 3. The van der Waals surface area contributed by atoms with E-state index < -0.39 is 152 Å². The number of hydrogen-bond acceptors (Lipinski definition) is 27. The molecule has 42 heteroatoms. The molecule has 4 aliphatic rings. The van der Waals surface area contributed by atoms with Gasteiger partial charge in [-0.1, -0.05) is 214 Å². The molecule has 0 aromatic heterocycles. The van der Waals surface area contributed by atoms with Crippen LogP contribution in [0.1, 0.15) is 250 Å². The number of primary amides is 5. The summed E-state index contributed by atoms with van der Waals surface area (Å²) in [4.78, 5) is 216. The molecule has 4 aliphatic heterocycles. The fourth-order valence-electron chi connectivity index (χ4n) is 15.3. The van der Waals surface area contributed by atoms with Crippen molar-refractivity contribution < 1.29 is 138 Å². The van der Waals surface area contributed by atoms with Crippen LogP contribution in [0.15, 0.2) is 152 Å². The Balaban J connectivity index is 0.00000179. The zero-order valence-electron chi connectivity index (χ0n) is 90.6. The van der Waals surface area contributed by atoms with Crippen molar-refractivity contribution in [1.29, 1.82) is 0 Å². The molecule has 5 aromatic rings. The first-order valence-electron chi connectivity index (χ1n) is 51.6. The number of amides is 11. The van der Waals surface area contributed by atoms with Crippen LogP contribution in [0.3, 0.4) is 0 Å². The predicted molar refractivity (Wildman–Crippen MR) is 559 cm³/mol. The fraction of sp³-hybridized carbons (Fsp3) is 0.556. The number of carboxylic acids is 2. The third-order valence-electron chi connectivity index (χ3n) is 22.9. The van der Waals surface area contributed by atoms with Gasteiger partial charge in [-0.25, -0.2) is 24.0 Å². The van der Waals surface area contributed by atoms with E-state index in [1.165, 1.54) is 9.80 Å². The largest absolute Gasteiger partial charge is 0.481 e. The molecule has 4 heterocycles. The number of rotatable bonds is 46. The van der Waals surface area contributed by atoms with Crippen LogP contribution in [-0.2, 0) is 143 Å². The minimum atomic E-state index is -1.04. The van der Waals surface area contributed by atoms with Crippen molar-refractivity contribution in [3.8, 4) is 0 Å². The van der Waals surface area contributed by atoms with E-state index in [4.69, 9.17) is 81.5 Å². The SMILES string of the molecule is CC(C)(C)OC(=O)N1CCC[C@H]1C(=O)O.CC(C)C[C@H](C)C(=O)N1CCC[C@H]1C(=O)N[C@@H](CCC(N)=O)C(=O)OCc1ccccc1.CC(C)C[C@H](C)C(=O)O.CC(C)C[C@H](N)C(=O)N1CCC[C@H]1C(=O)N[C@@H](CCC(N)=O)C(=O)OCc1ccccc1.C[C@@H](CCC(N)=O)C(=O)OCc1ccccc1.NC(=O)CC[C@H](N)C(=O)OCc1ccccc1.NC(=O)CC[C@H](NC(=O)[C@@H]1CCCN1)C(=O)OCc1ccccc1.[2HH].[2H]CF.[2H]CF. The van der Waals surface area contributed by atoms with Gasteiger partial charge in [-0.15, -0.1) is 0 Å². The number of esters is 5. The number of alkyl halides is 2. The Bertz CT molecular complexity index is 4760. The summed E-state index contributed by atoms with van der Waals surface area (Å²) in [6.07, 6.45) is 7.77. The second-order valence-electron chi connectivity index (χ2n) is 38.5. The lowest BCUT2D eigenvalue weighted by Gasteiger charge is -2.28. The molecule has 0 unspecified atom stereocenters. The van der Waals surface area contributed by atoms with Crippen molar-refractivity contribution >= 4 is 107 Å². The van der Waals surface area contributed by atoms with E-state index in [0.717, 1.165) is 72.9 Å². The zero-order valence-corrected chi connectivity index (χ0v) is 88.6. The predicted octanol–water partition coefficient (Wildman–Crippen LogP) is 9.82. The number of carbonyl (C=O) groups excluding carboxylic acids is 16. The molecule has 0 radical (unpaired) electrons. The van der Waals surface area contributed by atoms with E-state index >= 15 is 0 Å². The van der Waals surface area contributed by atoms with E-state index in [-0.39, 0.29) is 146 Å². The van der Waals surface area contributed by atoms with Crippen LogP contribution in [0.4, 0.5) is 13.6 Å². The summed E-state index contributed by atoms with van der Waals surface area (Å²) in [5, 5.41) is 28.4. The van der Waals surface area contributed by atoms with Gasteiger partial charge in [0.05, 0.1) is 41.0 Å². The van der Waals surface area contributed by atoms with Crippen molar-refractivity contribution in [2.24, 2.45) is 75.6 Å². The van der Waals surface area contributed by atoms with Crippen molar-refractivity contribution in [2.75, 3.05) is 40.5 Å². The molecule has 0 saturated carbocycles. The molecule has 150 heavy (non-hydrogen) atoms. The average molecular weight is 2120 g/mol. The molecule has 9 rings (SSSR count). The maximum absolute atomic E-state index is 13.0. The summed E-state index contributed by atoms with van der Waals surface area (Å²) in [5.41, 5.74) is 40.9. The number of carbonyl (C=O) groups is 18. The molecular weight excluding hydrogens is 1950 g/mol. The summed E-state index contributed by atoms with van der Waals surface area (Å²) < 4.78 is 62.2. The number of halogens is 2. The molecule has 4 saturated heterocycles. The average Bonchev–Trinajstić information content (AvgIpc) is 1.71. The second-order valence-corrected chi connectivity index (χ2v) is 38.5. The minimum Gasteiger partial charge on any atom is -0.481 e. The zero-order chi connectivity index (χ0) is 115. The summed E-state index contributed by atoms with van der Waals surface area (Å²) in [6.45, 7) is 25.6. The highest BCUT2D eigenvalue weighted by atomic mass is 19.1. The van der Waals surface area contributed by atoms with Crippen molar-refractivity contribution in [1.82, 2.24) is 36.0 Å². The maximum atomic E-state index is 13.0. The van der Waals surface area contributed by atoms with Gasteiger partial charge < -0.3 is 110 Å². The third-order valence-corrected chi connectivity index (χ3v) is 22.9. The Hall–Kier alpha value is -13.9. The van der Waals surface area contributed by atoms with E-state index in [0.29, 0.717) is 70.0 Å². The van der Waals surface area contributed by atoms with Gasteiger partial charge in [0, 0.05) is 59.1 Å². The lowest BCUT2D eigenvalue weighted by Crippen LogP contribution is -2.54. The van der Waals surface area contributed by atoms with Gasteiger partial charge in [0.15, 0.2) is 0 Å². The highest BCUT2D eigenvalue weighted by Crippen LogP contribution is 2.27. The molecule has 0 bridgehead atoms. The number of aliphatic carboxylic acids is 2. The Morgan fingerprint density at radius 2 is 0.687 bits per heavy atom. The van der Waals surface area contributed by atoms with Crippen molar-refractivity contribution in [3.05, 3.63) is 179 Å². The number of carboxylic acid groups (broad SMARTS) is 2. The third kappa shape index (κ3) is 58.2. The van der Waals surface area contributed by atoms with E-state index in [2.05, 4.69) is 35.1 Å². The number of nitrogens with one attached hydrogen (secondary N) is 4. The molecule has 11 amide bonds. The van der Waals surface area contributed by atoms with Crippen molar-refractivity contribution in [3.63, 3.8) is 0 Å². The van der Waals surface area contributed by atoms with Gasteiger partial charge in [-0.3, -0.25) is 76.0 Å². The van der Waals surface area contributed by atoms with Crippen LogP contribution in [-0.4, -0.2) is 232 Å². The normalized spacial score (nSPS) is 16.3. The monoisotopic (exact) mass is 2110 g/mol. The lowest BCUT2D eigenvalue weighted by atomic mass is 9.97. The van der Waals surface area contributed by atoms with Gasteiger partial charge in [-0.05, 0) is 176 Å². The molecule has 836 valence electrons. The summed E-state index contributed by atoms with van der Waals surface area (Å²) in [6, 6.07) is 39.5. The number of benzene rings is 5. The molecule has 20 N–H and O–H groups in total. The van der Waals surface area contributed by atoms with E-state index in [1.807, 2.05) is 186 Å². The van der Waals surface area contributed by atoms with Crippen LogP contribution in [0.2, 0.25) is 0 Å². The van der Waals surface area contributed by atoms with Crippen LogP contribution >= 0.6 is 0 Å². The van der Waals surface area contributed by atoms with Crippen LogP contribution in [0.25, 0.3) is 0 Å². The minimum absolute atomic E-state index is 0. The van der Waals surface area contributed by atoms with Crippen LogP contribution in [0, 0.1) is 35.5 Å². The summed E-state index contributed by atoms with van der Waals surface area (Å²) in [7, 11) is -2.00. The Labute approximate surface area is 883 Å². The van der Waals surface area contributed by atoms with Crippen LogP contribution < -0.4 is 61.4 Å². The number of ether oxygens (including phenoxy) is 6. The summed E-state index contributed by atoms with van der Waals surface area (Å²) in [5.74, 6) is -7.85. The topological polar surface area (TPSA) is 643 Å². The standard InChI is InChI=1S/C24H35N3O5.C23H34N4O5.C17H23N3O4.C13H17NO3.C12H16N2O3.C10H17NO4.C7H14O2.2CH3F.H2/c1-16(2)14-17(3)23(30)27-13-7-10-20(27)22(29)26-19(11-12-21(25)28)24(31)32-15-18-8-5-4-6-9-18;1-15(2)13-17(24)22(30)27-12-6-9-19(27)21(29)26-18(10-11-20(25)28)23(31)32-14-16-7-4-3-5-8-16;18-15(21)9-8-14(20-16(22)13-7-4-10-19-13)17(23)24-11-12-5-2-1-3-6-12;1-10(7-8-12(14)15)13(16)17-9-11-5-3-2-4-6-11;13-10(6-7-11(14)15)12(16)17-8-9-4-2-1-3-5-9;1-10(2,3)15-9(14)11-6-4-5-7(11)8(12)13;1-5(2)4-6(3)7(8)9;2*1-2;/h4-6,8-9,16-17,19-20H,7,10-15H2,1-3H3,(H2,25,28)(H,26,29);3-5,7-8,15,17-19H,6,9-14,24H2,1-2H3,(H2,25,28)(H,26,29);1-3,5-6,13-14,19H,4,7-11H2,(H2,18,21)(H,20,22);2-6,10H,7-9H2,1H3,(H2,14,15);1-5,10H,6-8,13H2,(H2,14,15);7H,4-6H2,1-3H3,(H,12,13);5-6H,4H2,1-3H3,(H,8,9);2*1H3;1H/t17-,19-,20-;17-,18-,19-;13-,14-;2*10-;7-;6-;;;/m0000000.../s1/i;;;;;;;2*1D;1+1. The summed E-state index contributed by atoms with van der Waals surface area (Å²) >= 11 is 0.